The van der Waals surface area contributed by atoms with E-state index in [1.165, 1.54) is 28.3 Å². The molecule has 0 radical (unpaired) electrons. The Morgan fingerprint density at radius 1 is 0.432 bits per heavy atom. The van der Waals surface area contributed by atoms with Crippen LogP contribution in [0.3, 0.4) is 0 Å². The molecule has 28 nitrogen and oxygen atoms in total. The number of pyridine rings is 4. The number of rotatable bonds is 22. The van der Waals surface area contributed by atoms with Gasteiger partial charge >= 0.3 is 6.18 Å². The summed E-state index contributed by atoms with van der Waals surface area (Å²) in [5.41, 5.74) is 4.28. The van der Waals surface area contributed by atoms with Gasteiger partial charge in [-0.3, -0.25) is 42.0 Å². The Morgan fingerprint density at radius 2 is 0.871 bits per heavy atom. The van der Waals surface area contributed by atoms with Crippen LogP contribution in [0.1, 0.15) is 160 Å². The van der Waals surface area contributed by atoms with E-state index in [0.717, 1.165) is 154 Å². The number of carbonyl (C=O) groups is 6. The van der Waals surface area contributed by atoms with Crippen LogP contribution in [0.2, 0.25) is 0 Å². The van der Waals surface area contributed by atoms with Crippen molar-refractivity contribution in [3.05, 3.63) is 210 Å². The fraction of sp³-hybridized carbons (Fsp3) is 0.528. The minimum atomic E-state index is -4.63. The number of ether oxygens (including phenoxy) is 1. The summed E-state index contributed by atoms with van der Waals surface area (Å²) in [5.74, 6) is 11.2. The molecule has 10 aromatic heterocycles. The Hall–Kier alpha value is -11.5. The molecule has 732 valence electrons. The van der Waals surface area contributed by atoms with Crippen LogP contribution in [0.25, 0.3) is 43.9 Å². The number of Topliss-reactive ketones (excluding diaryl/α,β-unsaturated/α-hetero) is 3. The van der Waals surface area contributed by atoms with E-state index in [9.17, 15) is 50.7 Å². The fourth-order valence-electron chi connectivity index (χ4n) is 24.7. The van der Waals surface area contributed by atoms with Crippen molar-refractivity contribution in [1.29, 1.82) is 0 Å². The van der Waals surface area contributed by atoms with Crippen molar-refractivity contribution in [3.8, 4) is 5.75 Å². The first-order chi connectivity index (χ1) is 66.3. The molecule has 0 bridgehead atoms. The number of amides is 3. The van der Waals surface area contributed by atoms with E-state index < -0.39 is 28.5 Å². The molecule has 7 saturated carbocycles. The molecule has 18 atom stereocenters. The summed E-state index contributed by atoms with van der Waals surface area (Å²) in [6.45, 7) is 35.1. The molecule has 0 spiro atoms. The first kappa shape index (κ1) is 95.1. The number of imidazole rings is 4. The second-order valence-electron chi connectivity index (χ2n) is 44.2. The number of aryl methyl sites for hydroxylation is 2. The molecule has 6 saturated heterocycles. The van der Waals surface area contributed by atoms with Gasteiger partial charge in [0.15, 0.2) is 5.95 Å². The average molecular weight is 1900 g/mol. The smallest absolute Gasteiger partial charge is 0.451 e. The lowest BCUT2D eigenvalue weighted by atomic mass is 9.75. The molecule has 9 N–H and O–H groups in total. The molecule has 139 heavy (non-hydrogen) atoms. The summed E-state index contributed by atoms with van der Waals surface area (Å²) in [4.78, 5) is 111. The van der Waals surface area contributed by atoms with Gasteiger partial charge in [-0.1, -0.05) is 90.1 Å². The van der Waals surface area contributed by atoms with Crippen LogP contribution in [0, 0.1) is 132 Å². The van der Waals surface area contributed by atoms with Crippen molar-refractivity contribution in [2.45, 2.75) is 161 Å². The van der Waals surface area contributed by atoms with E-state index in [4.69, 9.17) is 14.7 Å². The maximum absolute atomic E-state index is 14.1. The van der Waals surface area contributed by atoms with Crippen LogP contribution in [-0.2, 0) is 67.8 Å². The van der Waals surface area contributed by atoms with Gasteiger partial charge in [0.1, 0.15) is 63.6 Å². The van der Waals surface area contributed by atoms with E-state index >= 15 is 0 Å². The average Bonchev–Trinajstić information content (AvgIpc) is 1.62. The molecule has 2 aromatic carbocycles. The van der Waals surface area contributed by atoms with Crippen molar-refractivity contribution in [1.82, 2.24) is 105 Å². The molecule has 16 heterocycles. The molecule has 25 rings (SSSR count). The lowest BCUT2D eigenvalue weighted by Crippen LogP contribution is -2.53. The molecular weight excluding hydrogens is 1770 g/mol. The van der Waals surface area contributed by atoms with E-state index in [1.54, 1.807) is 80.2 Å². The largest absolute Gasteiger partial charge is 0.494 e. The fourth-order valence-corrected chi connectivity index (χ4v) is 24.7. The summed E-state index contributed by atoms with van der Waals surface area (Å²) in [7, 11) is 1.66. The number of hydrogen-bond donors (Lipinski definition) is 9. The lowest BCUT2D eigenvalue weighted by Gasteiger charge is -2.41. The number of carbonyl (C=O) groups excluding carboxylic acids is 6. The maximum Gasteiger partial charge on any atom is 0.451 e. The molecule has 3 amide bonds. The summed E-state index contributed by atoms with van der Waals surface area (Å²) in [5, 5.41) is 31.0. The van der Waals surface area contributed by atoms with Crippen LogP contribution in [0.4, 0.5) is 22.0 Å². The second kappa shape index (κ2) is 36.2. The number of aromatic nitrogens is 12. The second-order valence-corrected chi connectivity index (χ2v) is 44.2. The number of para-hydroxylation sites is 2. The van der Waals surface area contributed by atoms with Crippen LogP contribution in [0.15, 0.2) is 147 Å². The molecule has 13 fully saturated rings. The third kappa shape index (κ3) is 18.3. The van der Waals surface area contributed by atoms with Crippen molar-refractivity contribution < 1.29 is 55.5 Å². The van der Waals surface area contributed by atoms with Crippen LogP contribution in [0.5, 0.6) is 5.75 Å². The molecule has 6 aliphatic heterocycles. The van der Waals surface area contributed by atoms with Crippen molar-refractivity contribution in [3.63, 3.8) is 0 Å². The number of nitrogens with zero attached hydrogens (tertiary/aromatic N) is 12. The van der Waals surface area contributed by atoms with E-state index in [0.29, 0.717) is 118 Å². The number of benzene rings is 2. The van der Waals surface area contributed by atoms with Crippen LogP contribution in [-0.4, -0.2) is 178 Å². The van der Waals surface area contributed by atoms with Gasteiger partial charge in [-0.05, 0) is 271 Å². The highest BCUT2D eigenvalue weighted by atomic mass is 19.4. The van der Waals surface area contributed by atoms with Crippen molar-refractivity contribution in [2.24, 2.45) is 107 Å². The van der Waals surface area contributed by atoms with Crippen molar-refractivity contribution in [2.75, 3.05) is 85.6 Å². The normalized spacial score (nSPS) is 27.1. The zero-order valence-corrected chi connectivity index (χ0v) is 81.1. The zero-order chi connectivity index (χ0) is 97.6. The molecule has 13 aliphatic rings. The van der Waals surface area contributed by atoms with E-state index in [2.05, 4.69) is 141 Å². The first-order valence-corrected chi connectivity index (χ1v) is 49.4. The minimum Gasteiger partial charge on any atom is -0.494 e. The highest BCUT2D eigenvalue weighted by Crippen LogP contribution is 2.56. The Kier molecular flexibility index (Phi) is 24.8. The predicted molar refractivity (Wildman–Crippen MR) is 515 cm³/mol. The third-order valence-corrected chi connectivity index (χ3v) is 32.4. The van der Waals surface area contributed by atoms with Gasteiger partial charge in [0.25, 0.3) is 0 Å². The number of ketones is 3. The summed E-state index contributed by atoms with van der Waals surface area (Å²) < 4.78 is 80.1. The Bertz CT molecular complexity index is 6730. The number of halogens is 5. The number of hydrogen-bond acceptors (Lipinski definition) is 21. The standard InChI is InChI=1S/C19H20F3N3O.C19H23N3O.C18H22N4O.C18H23N3O2.2C16H19FN4O/c1-18(2,7-14(26)15-11-8-23-9-12(11)15)16-10-5-3-4-6-13(10)24-17(25-16)19(20,21)22;1-11-21-15-7-5-4-6-12(15)18(22-11)19(2,3)8-16(23)17-13-9-20-10-14(13)17;1-11-4-2-7-22-14(11)10-20-17(22)18(5-3-6-18)21-16(23)15-12-8-19-9-13(12)15;1-18(2,7-14(22)16-11-8-19-9-12(11)16)17-20-10-13-15(23-3)5-4-6-21(13)17;1-16(2,20-14(22)13-11-6-18-7-12(11)13)15-19-5-10-4-3-9(17)8-21(10)15;1-16(2,20-14(22)13-10-7-18-8-11(10)13)15-19-6-9-4-3-5-12(17)21(9)15/h3-6,11-12,15,23H,7-9H2,1-2H3;4-7,13-14,17,20H,8-10H2,1-3H3;2,4,7,10,12-13,15,19H,3,5-6,8-9H2,1H3,(H,21,23);4-6,10-12,16,19H,7-9H2,1-3H3;3-5,8,11-13,18H,6-7H2,1-2H3,(H,20,22);3-6,10-11,13,18H,7-8H2,1-2H3,(H,20,22)/t11-,12+,15?;13-,14+,17?;12-,13+,15?;11-,12+,16?;11-,12+,13?;10-,11+,13?. The van der Waals surface area contributed by atoms with E-state index in [-0.39, 0.29) is 105 Å². The lowest BCUT2D eigenvalue weighted by molar-refractivity contribution is -0.145. The van der Waals surface area contributed by atoms with Gasteiger partial charge < -0.3 is 57.0 Å². The first-order valence-electron chi connectivity index (χ1n) is 49.4. The molecule has 33 heteroatoms. The number of alkyl halides is 3. The maximum atomic E-state index is 14.1. The third-order valence-electron chi connectivity index (χ3n) is 32.4. The minimum absolute atomic E-state index is 0.0470. The Morgan fingerprint density at radius 3 is 1.37 bits per heavy atom. The Labute approximate surface area is 804 Å². The van der Waals surface area contributed by atoms with E-state index in [1.807, 2.05) is 87.9 Å². The number of methoxy groups -OCH3 is 1. The topological polar surface area (TPSA) is 341 Å². The molecule has 6 unspecified atom stereocenters. The highest BCUT2D eigenvalue weighted by molar-refractivity contribution is 5.91. The van der Waals surface area contributed by atoms with Crippen molar-refractivity contribution >= 4 is 78.9 Å². The number of piperidine rings is 6. The summed E-state index contributed by atoms with van der Waals surface area (Å²) >= 11 is 0. The van der Waals surface area contributed by atoms with Crippen LogP contribution < -0.4 is 52.6 Å². The zero-order valence-electron chi connectivity index (χ0n) is 81.1. The predicted octanol–water partition coefficient (Wildman–Crippen LogP) is 12.2. The monoisotopic (exact) mass is 1900 g/mol. The Balaban J connectivity index is 0.000000103. The summed E-state index contributed by atoms with van der Waals surface area (Å²) in [6, 6.07) is 30.7. The quantitative estimate of drug-likeness (QED) is 0.0225. The highest BCUT2D eigenvalue weighted by Gasteiger charge is 2.63. The SMILES string of the molecule is CC(C)(CC(=O)C1[C@H]2CNC[C@@H]12)c1nc(C(F)(F)F)nc2ccccc12.CC(C)(NC(=O)C1[C@H]2CNC[C@@H]12)c1ncc2ccc(F)cn12.CC(C)(NC(=O)C1[C@H]2CNC[C@@H]12)c1ncc2cccc(F)n12.COc1cccn2c(C(C)(C)CC(=O)C3[C@H]4CNC[C@@H]34)ncc12.Cc1cccn2c(C3(NC(=O)C4[C@H]5CNC[C@@H]45)CCC3)ncc12.Cc1nc(C(C)(C)CC(=O)C2[C@H]3CNC[C@@H]23)c2ccccc2n1. The molecule has 7 aliphatic carbocycles. The van der Waals surface area contributed by atoms with Crippen LogP contribution >= 0.6 is 0 Å². The summed E-state index contributed by atoms with van der Waals surface area (Å²) in [6.07, 6.45) is 12.3. The molecule has 12 aromatic rings. The van der Waals surface area contributed by atoms with Gasteiger partial charge in [0.05, 0.1) is 87.5 Å². The van der Waals surface area contributed by atoms with Gasteiger partial charge in [-0.25, -0.2) is 44.3 Å². The van der Waals surface area contributed by atoms with Gasteiger partial charge in [0, 0.05) is 100 Å². The van der Waals surface area contributed by atoms with Gasteiger partial charge in [-0.15, -0.1) is 0 Å². The van der Waals surface area contributed by atoms with Gasteiger partial charge in [-0.2, -0.15) is 17.6 Å². The van der Waals surface area contributed by atoms with Gasteiger partial charge in [0.2, 0.25) is 23.5 Å². The number of nitrogens with one attached hydrogen (secondary N) is 9. The molecular formula is C106H126F5N21O7. The number of fused-ring (bicyclic) bond motifs is 12.